The molecule has 106 valence electrons. The van der Waals surface area contributed by atoms with Gasteiger partial charge in [-0.05, 0) is 54.4 Å². The summed E-state index contributed by atoms with van der Waals surface area (Å²) >= 11 is 12.2. The molecule has 0 radical (unpaired) electrons. The van der Waals surface area contributed by atoms with Crippen LogP contribution in [0.3, 0.4) is 0 Å². The van der Waals surface area contributed by atoms with Gasteiger partial charge in [-0.25, -0.2) is 4.39 Å². The zero-order valence-corrected chi connectivity index (χ0v) is 12.7. The van der Waals surface area contributed by atoms with Crippen molar-refractivity contribution in [2.24, 2.45) is 0 Å². The van der Waals surface area contributed by atoms with Crippen LogP contribution in [0.5, 0.6) is 0 Å². The molecule has 0 fully saturated rings. The fourth-order valence-corrected chi connectivity index (χ4v) is 2.56. The number of hydrogen-bond acceptors (Lipinski definition) is 1. The monoisotopic (exact) mass is 311 g/mol. The van der Waals surface area contributed by atoms with Gasteiger partial charge >= 0.3 is 0 Å². The fourth-order valence-electron chi connectivity index (χ4n) is 2.17. The van der Waals surface area contributed by atoms with Crippen molar-refractivity contribution in [1.82, 2.24) is 5.32 Å². The highest BCUT2D eigenvalue weighted by Crippen LogP contribution is 2.26. The van der Waals surface area contributed by atoms with Gasteiger partial charge in [0.1, 0.15) is 5.82 Å². The van der Waals surface area contributed by atoms with Crippen LogP contribution >= 0.6 is 23.2 Å². The topological polar surface area (TPSA) is 12.0 Å². The van der Waals surface area contributed by atoms with E-state index in [9.17, 15) is 4.39 Å². The van der Waals surface area contributed by atoms with Crippen LogP contribution in [0.1, 0.15) is 24.1 Å². The van der Waals surface area contributed by atoms with Crippen LogP contribution < -0.4 is 5.32 Å². The summed E-state index contributed by atoms with van der Waals surface area (Å²) in [4.78, 5) is 0. The molecule has 0 aliphatic heterocycles. The Morgan fingerprint density at radius 1 is 1.10 bits per heavy atom. The molecule has 0 amide bonds. The van der Waals surface area contributed by atoms with Crippen LogP contribution in [0.4, 0.5) is 4.39 Å². The van der Waals surface area contributed by atoms with E-state index >= 15 is 0 Å². The van der Waals surface area contributed by atoms with Gasteiger partial charge in [-0.2, -0.15) is 0 Å². The van der Waals surface area contributed by atoms with Gasteiger partial charge in [-0.1, -0.05) is 42.3 Å². The molecule has 0 saturated carbocycles. The third-order valence-electron chi connectivity index (χ3n) is 3.15. The van der Waals surface area contributed by atoms with Crippen molar-refractivity contribution in [3.05, 3.63) is 69.5 Å². The minimum Gasteiger partial charge on any atom is -0.310 e. The second-order valence-electron chi connectivity index (χ2n) is 4.60. The van der Waals surface area contributed by atoms with Crippen molar-refractivity contribution < 1.29 is 4.39 Å². The highest BCUT2D eigenvalue weighted by molar-refractivity contribution is 6.33. The van der Waals surface area contributed by atoms with Crippen LogP contribution in [-0.2, 0) is 6.42 Å². The van der Waals surface area contributed by atoms with Crippen molar-refractivity contribution in [3.63, 3.8) is 0 Å². The van der Waals surface area contributed by atoms with Crippen LogP contribution in [0, 0.1) is 5.82 Å². The van der Waals surface area contributed by atoms with Gasteiger partial charge in [0.05, 0.1) is 0 Å². The third kappa shape index (κ3) is 3.95. The Bertz CT molecular complexity index is 569. The van der Waals surface area contributed by atoms with Gasteiger partial charge in [0.15, 0.2) is 0 Å². The van der Waals surface area contributed by atoms with E-state index in [1.54, 1.807) is 24.3 Å². The summed E-state index contributed by atoms with van der Waals surface area (Å²) in [7, 11) is 0. The predicted molar refractivity (Wildman–Crippen MR) is 83.0 cm³/mol. The number of hydrogen-bond donors (Lipinski definition) is 1. The minimum atomic E-state index is -0.232. The third-order valence-corrected chi connectivity index (χ3v) is 3.76. The molecular formula is C16H16Cl2FN. The van der Waals surface area contributed by atoms with E-state index in [0.717, 1.165) is 17.7 Å². The summed E-state index contributed by atoms with van der Waals surface area (Å²) < 4.78 is 13.0. The molecule has 0 heterocycles. The largest absolute Gasteiger partial charge is 0.310 e. The van der Waals surface area contributed by atoms with Crippen LogP contribution in [0.25, 0.3) is 0 Å². The van der Waals surface area contributed by atoms with E-state index in [1.807, 2.05) is 13.0 Å². The number of nitrogens with one attached hydrogen (secondary N) is 1. The molecule has 2 aromatic rings. The quantitative estimate of drug-likeness (QED) is 0.817. The lowest BCUT2D eigenvalue weighted by atomic mass is 9.98. The van der Waals surface area contributed by atoms with E-state index < -0.39 is 0 Å². The highest BCUT2D eigenvalue weighted by atomic mass is 35.5. The van der Waals surface area contributed by atoms with Crippen LogP contribution in [-0.4, -0.2) is 6.54 Å². The summed E-state index contributed by atoms with van der Waals surface area (Å²) in [6, 6.07) is 12.1. The second kappa shape index (κ2) is 7.07. The van der Waals surface area contributed by atoms with Crippen molar-refractivity contribution in [1.29, 1.82) is 0 Å². The van der Waals surface area contributed by atoms with Gasteiger partial charge < -0.3 is 5.32 Å². The Hall–Kier alpha value is -1.09. The standard InChI is InChI=1S/C16H16Cl2FN/c1-2-20-16(11-3-6-14(19)7-4-11)10-12-9-13(17)5-8-15(12)18/h3-9,16,20H,2,10H2,1H3. The van der Waals surface area contributed by atoms with Gasteiger partial charge in [-0.3, -0.25) is 0 Å². The fraction of sp³-hybridized carbons (Fsp3) is 0.250. The highest BCUT2D eigenvalue weighted by Gasteiger charge is 2.13. The van der Waals surface area contributed by atoms with Crippen LogP contribution in [0.2, 0.25) is 10.0 Å². The van der Waals surface area contributed by atoms with Crippen molar-refractivity contribution in [3.8, 4) is 0 Å². The molecule has 0 aliphatic rings. The Kier molecular flexibility index (Phi) is 5.41. The second-order valence-corrected chi connectivity index (χ2v) is 5.45. The summed E-state index contributed by atoms with van der Waals surface area (Å²) in [5, 5.41) is 4.75. The molecule has 4 heteroatoms. The van der Waals surface area contributed by atoms with Gasteiger partial charge in [0.2, 0.25) is 0 Å². The van der Waals surface area contributed by atoms with E-state index in [-0.39, 0.29) is 11.9 Å². The Morgan fingerprint density at radius 3 is 2.45 bits per heavy atom. The molecular weight excluding hydrogens is 296 g/mol. The summed E-state index contributed by atoms with van der Waals surface area (Å²) in [6.45, 7) is 2.86. The first-order valence-electron chi connectivity index (χ1n) is 6.53. The SMILES string of the molecule is CCNC(Cc1cc(Cl)ccc1Cl)c1ccc(F)cc1. The number of benzene rings is 2. The maximum absolute atomic E-state index is 13.0. The van der Waals surface area contributed by atoms with Crippen LogP contribution in [0.15, 0.2) is 42.5 Å². The molecule has 0 spiro atoms. The van der Waals surface area contributed by atoms with Crippen molar-refractivity contribution in [2.75, 3.05) is 6.54 Å². The first-order chi connectivity index (χ1) is 9.60. The Morgan fingerprint density at radius 2 is 1.80 bits per heavy atom. The maximum atomic E-state index is 13.0. The van der Waals surface area contributed by atoms with E-state index in [2.05, 4.69) is 5.32 Å². The molecule has 2 aromatic carbocycles. The van der Waals surface area contributed by atoms with Crippen molar-refractivity contribution >= 4 is 23.2 Å². The molecule has 0 aliphatic carbocycles. The lowest BCUT2D eigenvalue weighted by Crippen LogP contribution is -2.23. The predicted octanol–water partition coefficient (Wildman–Crippen LogP) is 5.03. The molecule has 1 unspecified atom stereocenters. The van der Waals surface area contributed by atoms with Gasteiger partial charge in [0, 0.05) is 16.1 Å². The molecule has 0 bridgehead atoms. The Balaban J connectivity index is 2.25. The Labute approximate surface area is 128 Å². The lowest BCUT2D eigenvalue weighted by molar-refractivity contribution is 0.547. The number of rotatable bonds is 5. The minimum absolute atomic E-state index is 0.0802. The zero-order valence-electron chi connectivity index (χ0n) is 11.2. The molecule has 20 heavy (non-hydrogen) atoms. The number of halogens is 3. The first kappa shape index (κ1) is 15.3. The first-order valence-corrected chi connectivity index (χ1v) is 7.28. The van der Waals surface area contributed by atoms with Crippen molar-refractivity contribution in [2.45, 2.75) is 19.4 Å². The van der Waals surface area contributed by atoms with E-state index in [1.165, 1.54) is 12.1 Å². The van der Waals surface area contributed by atoms with Gasteiger partial charge in [-0.15, -0.1) is 0 Å². The smallest absolute Gasteiger partial charge is 0.123 e. The molecule has 2 rings (SSSR count). The lowest BCUT2D eigenvalue weighted by Gasteiger charge is -2.19. The zero-order chi connectivity index (χ0) is 14.5. The van der Waals surface area contributed by atoms with Gasteiger partial charge in [0.25, 0.3) is 0 Å². The average Bonchev–Trinajstić information content (AvgIpc) is 2.43. The maximum Gasteiger partial charge on any atom is 0.123 e. The summed E-state index contributed by atoms with van der Waals surface area (Å²) in [6.07, 6.45) is 0.707. The average molecular weight is 312 g/mol. The van der Waals surface area contributed by atoms with E-state index in [4.69, 9.17) is 23.2 Å². The normalized spacial score (nSPS) is 12.4. The molecule has 1 atom stereocenters. The molecule has 1 nitrogen and oxygen atoms in total. The molecule has 0 saturated heterocycles. The number of likely N-dealkylation sites (N-methyl/N-ethyl adjacent to an activating group) is 1. The summed E-state index contributed by atoms with van der Waals surface area (Å²) in [5.74, 6) is -0.232. The molecule has 0 aromatic heterocycles. The molecule has 1 N–H and O–H groups in total. The summed E-state index contributed by atoms with van der Waals surface area (Å²) in [5.41, 5.74) is 2.01. The van der Waals surface area contributed by atoms with E-state index in [0.29, 0.717) is 16.5 Å².